The lowest BCUT2D eigenvalue weighted by molar-refractivity contribution is 0.0590. The van der Waals surface area contributed by atoms with E-state index in [4.69, 9.17) is 5.73 Å². The third-order valence-corrected chi connectivity index (χ3v) is 2.60. The van der Waals surface area contributed by atoms with Crippen molar-refractivity contribution >= 4 is 21.9 Å². The predicted octanol–water partition coefficient (Wildman–Crippen LogP) is 2.03. The van der Waals surface area contributed by atoms with Gasteiger partial charge in [0.25, 0.3) is 6.43 Å². The van der Waals surface area contributed by atoms with Gasteiger partial charge in [-0.05, 0) is 6.07 Å². The summed E-state index contributed by atoms with van der Waals surface area (Å²) in [6, 6.07) is 1.14. The molecule has 1 heterocycles. The molecule has 0 bridgehead atoms. The Labute approximate surface area is 98.9 Å². The Kier molecular flexibility index (Phi) is 4.31. The summed E-state index contributed by atoms with van der Waals surface area (Å²) in [7, 11) is 1.15. The molecule has 1 rings (SSSR count). The van der Waals surface area contributed by atoms with Gasteiger partial charge in [-0.25, -0.2) is 18.6 Å². The highest BCUT2D eigenvalue weighted by Crippen LogP contribution is 2.26. The molecule has 0 aliphatic heterocycles. The Morgan fingerprint density at radius 2 is 2.31 bits per heavy atom. The fraction of sp³-hybridized carbons (Fsp3) is 0.333. The van der Waals surface area contributed by atoms with Crippen LogP contribution in [0.1, 0.15) is 28.2 Å². The average molecular weight is 295 g/mol. The zero-order valence-electron chi connectivity index (χ0n) is 8.34. The van der Waals surface area contributed by atoms with E-state index in [2.05, 4.69) is 25.7 Å². The van der Waals surface area contributed by atoms with Gasteiger partial charge >= 0.3 is 5.97 Å². The van der Waals surface area contributed by atoms with Crippen molar-refractivity contribution in [1.29, 1.82) is 0 Å². The summed E-state index contributed by atoms with van der Waals surface area (Å²) in [6.07, 6.45) is -2.76. The van der Waals surface area contributed by atoms with Gasteiger partial charge in [-0.3, -0.25) is 0 Å². The van der Waals surface area contributed by atoms with Gasteiger partial charge in [-0.15, -0.1) is 0 Å². The van der Waals surface area contributed by atoms with E-state index in [1.54, 1.807) is 0 Å². The van der Waals surface area contributed by atoms with Crippen molar-refractivity contribution in [3.05, 3.63) is 27.5 Å². The van der Waals surface area contributed by atoms with Gasteiger partial charge in [0.2, 0.25) is 0 Å². The third-order valence-electron chi connectivity index (χ3n) is 1.90. The van der Waals surface area contributed by atoms with E-state index in [1.165, 1.54) is 0 Å². The van der Waals surface area contributed by atoms with Crippen LogP contribution in [0.4, 0.5) is 8.78 Å². The monoisotopic (exact) mass is 294 g/mol. The van der Waals surface area contributed by atoms with Crippen molar-refractivity contribution in [3.63, 3.8) is 0 Å². The zero-order valence-corrected chi connectivity index (χ0v) is 9.92. The van der Waals surface area contributed by atoms with Crippen LogP contribution in [-0.4, -0.2) is 18.1 Å². The minimum Gasteiger partial charge on any atom is -0.464 e. The Bertz CT molecular complexity index is 413. The predicted molar refractivity (Wildman–Crippen MR) is 56.1 cm³/mol. The first kappa shape index (κ1) is 13.0. The second-order valence-corrected chi connectivity index (χ2v) is 3.71. The van der Waals surface area contributed by atoms with Crippen LogP contribution in [0, 0.1) is 0 Å². The molecule has 0 saturated carbocycles. The molecule has 7 heteroatoms. The zero-order chi connectivity index (χ0) is 12.3. The number of alkyl halides is 2. The summed E-state index contributed by atoms with van der Waals surface area (Å²) in [5.41, 5.74) is 5.07. The van der Waals surface area contributed by atoms with Crippen LogP contribution in [0.2, 0.25) is 0 Å². The summed E-state index contributed by atoms with van der Waals surface area (Å²) < 4.78 is 29.7. The summed E-state index contributed by atoms with van der Waals surface area (Å²) in [5.74, 6) is -0.788. The van der Waals surface area contributed by atoms with Gasteiger partial charge in [-0.1, -0.05) is 15.9 Å². The third kappa shape index (κ3) is 2.53. The number of carbonyl (C=O) groups excluding carboxylic acids is 1. The second-order valence-electron chi connectivity index (χ2n) is 2.85. The molecule has 88 valence electrons. The lowest BCUT2D eigenvalue weighted by Crippen LogP contribution is -2.14. The fourth-order valence-electron chi connectivity index (χ4n) is 1.13. The maximum Gasteiger partial charge on any atom is 0.357 e. The molecule has 0 aliphatic carbocycles. The first-order chi connectivity index (χ1) is 7.51. The fourth-order valence-corrected chi connectivity index (χ4v) is 1.71. The molecule has 0 saturated heterocycles. The molecule has 0 aromatic carbocycles. The summed E-state index contributed by atoms with van der Waals surface area (Å²) >= 11 is 3.06. The van der Waals surface area contributed by atoms with Crippen molar-refractivity contribution in [3.8, 4) is 0 Å². The molecular formula is C9H9BrF2N2O2. The number of hydrogen-bond donors (Lipinski definition) is 1. The number of aromatic nitrogens is 1. The molecule has 0 unspecified atom stereocenters. The van der Waals surface area contributed by atoms with E-state index < -0.39 is 18.1 Å². The van der Waals surface area contributed by atoms with Crippen LogP contribution >= 0.6 is 15.9 Å². The minimum absolute atomic E-state index is 0.00152. The molecule has 0 fully saturated rings. The highest BCUT2D eigenvalue weighted by molar-refractivity contribution is 9.10. The molecule has 1 aromatic heterocycles. The largest absolute Gasteiger partial charge is 0.464 e. The van der Waals surface area contributed by atoms with E-state index >= 15 is 0 Å². The number of methoxy groups -OCH3 is 1. The Balaban J connectivity index is 3.36. The number of nitrogens with zero attached hydrogens (tertiary/aromatic N) is 1. The first-order valence-electron chi connectivity index (χ1n) is 4.27. The number of esters is 1. The first-order valence-corrected chi connectivity index (χ1v) is 5.06. The van der Waals surface area contributed by atoms with Crippen LogP contribution in [-0.2, 0) is 11.3 Å². The Morgan fingerprint density at radius 3 is 2.75 bits per heavy atom. The molecule has 0 spiro atoms. The van der Waals surface area contributed by atoms with Crippen molar-refractivity contribution in [1.82, 2.24) is 4.98 Å². The lowest BCUT2D eigenvalue weighted by Gasteiger charge is -2.09. The van der Waals surface area contributed by atoms with Crippen LogP contribution in [0.15, 0.2) is 10.5 Å². The molecule has 0 amide bonds. The van der Waals surface area contributed by atoms with Crippen LogP contribution in [0.3, 0.4) is 0 Å². The number of carbonyl (C=O) groups is 1. The lowest BCUT2D eigenvalue weighted by atomic mass is 10.1. The summed E-state index contributed by atoms with van der Waals surface area (Å²) in [6.45, 7) is 0.00152. The van der Waals surface area contributed by atoms with Gasteiger partial charge in [0.05, 0.1) is 7.11 Å². The van der Waals surface area contributed by atoms with Crippen LogP contribution in [0.25, 0.3) is 0 Å². The Hall–Kier alpha value is -1.08. The van der Waals surface area contributed by atoms with Crippen LogP contribution in [0.5, 0.6) is 0 Å². The molecule has 0 aliphatic rings. The van der Waals surface area contributed by atoms with Crippen molar-refractivity contribution in [2.75, 3.05) is 7.11 Å². The quantitative estimate of drug-likeness (QED) is 0.866. The minimum atomic E-state index is -2.76. The average Bonchev–Trinajstić information content (AvgIpc) is 2.26. The summed E-state index contributed by atoms with van der Waals surface area (Å²) in [4.78, 5) is 14.9. The van der Waals surface area contributed by atoms with Gasteiger partial charge < -0.3 is 10.5 Å². The molecule has 2 N–H and O–H groups in total. The van der Waals surface area contributed by atoms with Gasteiger partial charge in [-0.2, -0.15) is 0 Å². The van der Waals surface area contributed by atoms with Crippen molar-refractivity contribution in [2.45, 2.75) is 13.0 Å². The second kappa shape index (κ2) is 5.31. The maximum absolute atomic E-state index is 12.5. The van der Waals surface area contributed by atoms with E-state index in [0.29, 0.717) is 10.0 Å². The van der Waals surface area contributed by atoms with E-state index in [-0.39, 0.29) is 12.2 Å². The smallest absolute Gasteiger partial charge is 0.357 e. The number of ether oxygens (including phenoxy) is 1. The number of halogens is 3. The number of rotatable bonds is 3. The van der Waals surface area contributed by atoms with E-state index in [0.717, 1.165) is 13.2 Å². The molecule has 16 heavy (non-hydrogen) atoms. The van der Waals surface area contributed by atoms with E-state index in [1.807, 2.05) is 0 Å². The highest BCUT2D eigenvalue weighted by Gasteiger charge is 2.20. The van der Waals surface area contributed by atoms with Crippen LogP contribution < -0.4 is 5.73 Å². The molecular weight excluding hydrogens is 286 g/mol. The standard InChI is InChI=1S/C9H9BrF2N2O2/c1-16-9(15)7-4(3-13)5(10)2-6(14-7)8(11)12/h2,8H,3,13H2,1H3. The normalized spacial score (nSPS) is 10.6. The highest BCUT2D eigenvalue weighted by atomic mass is 79.9. The molecule has 0 radical (unpaired) electrons. The SMILES string of the molecule is COC(=O)c1nc(C(F)F)cc(Br)c1CN. The van der Waals surface area contributed by atoms with Gasteiger partial charge in [0, 0.05) is 16.6 Å². The van der Waals surface area contributed by atoms with E-state index in [9.17, 15) is 13.6 Å². The van der Waals surface area contributed by atoms with Crippen molar-refractivity contribution in [2.24, 2.45) is 5.73 Å². The van der Waals surface area contributed by atoms with Gasteiger partial charge in [0.15, 0.2) is 5.69 Å². The molecule has 4 nitrogen and oxygen atoms in total. The number of hydrogen-bond acceptors (Lipinski definition) is 4. The summed E-state index contributed by atoms with van der Waals surface area (Å²) in [5, 5.41) is 0. The number of nitrogens with two attached hydrogens (primary N) is 1. The molecule has 0 atom stereocenters. The van der Waals surface area contributed by atoms with Gasteiger partial charge in [0.1, 0.15) is 5.69 Å². The Morgan fingerprint density at radius 1 is 1.69 bits per heavy atom. The maximum atomic E-state index is 12.5. The van der Waals surface area contributed by atoms with Crippen molar-refractivity contribution < 1.29 is 18.3 Å². The topological polar surface area (TPSA) is 65.2 Å². The molecule has 1 aromatic rings. The number of pyridine rings is 1.